The highest BCUT2D eigenvalue weighted by atomic mass is 125. The maximum Gasteiger partial charge on any atom is 0.326 e. The molecule has 4 atom stereocenters. The molecule has 1 amide bonds. The van der Waals surface area contributed by atoms with Crippen molar-refractivity contribution in [3.8, 4) is 5.75 Å². The van der Waals surface area contributed by atoms with E-state index in [2.05, 4.69) is 5.32 Å². The molecule has 168 valence electrons. The average molecular weight is 558 g/mol. The van der Waals surface area contributed by atoms with Crippen molar-refractivity contribution >= 4 is 41.8 Å². The number of hydrogen-bond donors (Lipinski definition) is 5. The molecule has 0 heterocycles. The zero-order valence-electron chi connectivity index (χ0n) is 16.9. The molecule has 0 aliphatic carbocycles. The number of carboxylic acids is 1. The van der Waals surface area contributed by atoms with Crippen molar-refractivity contribution in [2.75, 3.05) is 6.16 Å². The van der Waals surface area contributed by atoms with Gasteiger partial charge < -0.3 is 26.2 Å². The van der Waals surface area contributed by atoms with Crippen LogP contribution in [0.3, 0.4) is 0 Å². The van der Waals surface area contributed by atoms with Crippen molar-refractivity contribution in [3.05, 3.63) is 63.2 Å². The van der Waals surface area contributed by atoms with Gasteiger partial charge in [0.2, 0.25) is 13.3 Å². The molecule has 2 aromatic rings. The molecule has 8 nitrogen and oxygen atoms in total. The van der Waals surface area contributed by atoms with E-state index in [1.54, 1.807) is 36.4 Å². The lowest BCUT2D eigenvalue weighted by Gasteiger charge is -2.24. The molecule has 0 fully saturated rings. The summed E-state index contributed by atoms with van der Waals surface area (Å²) in [6.07, 6.45) is -0.179. The molecule has 10 heteroatoms. The number of benzene rings is 2. The van der Waals surface area contributed by atoms with Crippen molar-refractivity contribution in [3.63, 3.8) is 0 Å². The van der Waals surface area contributed by atoms with Gasteiger partial charge in [-0.05, 0) is 59.2 Å². The largest absolute Gasteiger partial charge is 0.507 e. The van der Waals surface area contributed by atoms with Gasteiger partial charge in [0, 0.05) is 12.6 Å². The molecule has 2 rings (SSSR count). The van der Waals surface area contributed by atoms with Crippen LogP contribution < -0.4 is 11.1 Å². The number of amides is 1. The first-order chi connectivity index (χ1) is 14.5. The second kappa shape index (κ2) is 11.1. The smallest absolute Gasteiger partial charge is 0.326 e. The maximum atomic E-state index is 13.0. The lowest BCUT2D eigenvalue weighted by Crippen LogP contribution is -2.46. The number of aliphatic carboxylic acids is 1. The van der Waals surface area contributed by atoms with Crippen LogP contribution in [0.2, 0.25) is 0 Å². The Labute approximate surface area is 194 Å². The zero-order chi connectivity index (χ0) is 23.2. The summed E-state index contributed by atoms with van der Waals surface area (Å²) in [6.45, 7) is 1.41. The second-order valence-corrected chi connectivity index (χ2v) is 11.3. The minimum absolute atomic E-state index is 0.000507. The summed E-state index contributed by atoms with van der Waals surface area (Å²) in [6, 6.07) is 12.4. The fourth-order valence-electron chi connectivity index (χ4n) is 3.02. The van der Waals surface area contributed by atoms with E-state index in [0.29, 0.717) is 9.13 Å². The van der Waals surface area contributed by atoms with Crippen LogP contribution in [0.5, 0.6) is 5.75 Å². The molecule has 0 aliphatic heterocycles. The number of carbonyl (C=O) groups is 2. The van der Waals surface area contributed by atoms with Crippen molar-refractivity contribution < 1.29 is 29.3 Å². The Balaban J connectivity index is 2.22. The van der Waals surface area contributed by atoms with Gasteiger partial charge in [-0.3, -0.25) is 9.36 Å². The summed E-state index contributed by atoms with van der Waals surface area (Å²) in [5, 5.41) is 21.8. The van der Waals surface area contributed by atoms with E-state index in [1.807, 2.05) is 28.7 Å². The van der Waals surface area contributed by atoms with E-state index in [9.17, 15) is 29.3 Å². The van der Waals surface area contributed by atoms with E-state index in [-0.39, 0.29) is 24.8 Å². The number of nitrogens with one attached hydrogen (secondary N) is 1. The summed E-state index contributed by atoms with van der Waals surface area (Å²) < 4.78 is 13.1. The Morgan fingerprint density at radius 3 is 2.32 bits per heavy atom. The fraction of sp³-hybridized carbons (Fsp3) is 0.333. The van der Waals surface area contributed by atoms with Gasteiger partial charge >= 0.3 is 5.97 Å². The standard InChI is InChI=1S/C21H26IN2O6P/c1-13(23)31(29,30)12-16(9-14-5-3-2-4-6-14)20(26)24-18(21(27)28)11-15-7-8-19(25)17(22)10-15/h2-8,10,13,16,18,25H,9,11-12,23H2,1H3,(H,24,26)(H,27,28)(H,29,30)/t13-,16+,18+/m1/s1/i22-2. The molecular weight excluding hydrogens is 532 g/mol. The number of carbonyl (C=O) groups excluding carboxylic acids is 1. The van der Waals surface area contributed by atoms with E-state index < -0.39 is 37.0 Å². The summed E-state index contributed by atoms with van der Waals surface area (Å²) >= 11 is 1.93. The number of halogens is 1. The fourth-order valence-corrected chi connectivity index (χ4v) is 4.86. The van der Waals surface area contributed by atoms with Gasteiger partial charge in [-0.1, -0.05) is 36.4 Å². The topological polar surface area (TPSA) is 150 Å². The van der Waals surface area contributed by atoms with Crippen LogP contribution in [-0.2, 0) is 27.0 Å². The van der Waals surface area contributed by atoms with E-state index in [4.69, 9.17) is 5.73 Å². The first-order valence-corrected chi connectivity index (χ1v) is 12.6. The number of hydrogen-bond acceptors (Lipinski definition) is 5. The Hall–Kier alpha value is -1.94. The highest BCUT2D eigenvalue weighted by Crippen LogP contribution is 2.45. The Kier molecular flexibility index (Phi) is 9.05. The predicted molar refractivity (Wildman–Crippen MR) is 126 cm³/mol. The summed E-state index contributed by atoms with van der Waals surface area (Å²) in [5.41, 5.74) is 7.04. The number of phenolic OH excluding ortho intramolecular Hbond substituents is 1. The van der Waals surface area contributed by atoms with Gasteiger partial charge in [0.15, 0.2) is 0 Å². The van der Waals surface area contributed by atoms with Crippen LogP contribution in [0.1, 0.15) is 18.1 Å². The predicted octanol–water partition coefficient (Wildman–Crippen LogP) is 2.54. The number of carboxylic acid groups (broad SMARTS) is 1. The lowest BCUT2D eigenvalue weighted by atomic mass is 9.99. The molecule has 2 aromatic carbocycles. The quantitative estimate of drug-likeness (QED) is 0.222. The van der Waals surface area contributed by atoms with Crippen molar-refractivity contribution in [1.29, 1.82) is 0 Å². The van der Waals surface area contributed by atoms with E-state index >= 15 is 0 Å². The molecule has 0 aromatic heterocycles. The van der Waals surface area contributed by atoms with Crippen molar-refractivity contribution in [1.82, 2.24) is 5.32 Å². The van der Waals surface area contributed by atoms with Gasteiger partial charge in [-0.15, -0.1) is 0 Å². The highest BCUT2D eigenvalue weighted by Gasteiger charge is 2.33. The van der Waals surface area contributed by atoms with Crippen molar-refractivity contribution in [2.45, 2.75) is 31.6 Å². The molecule has 31 heavy (non-hydrogen) atoms. The molecule has 1 unspecified atom stereocenters. The Morgan fingerprint density at radius 1 is 1.13 bits per heavy atom. The van der Waals surface area contributed by atoms with Crippen LogP contribution in [0, 0.1) is 9.49 Å². The molecule has 0 spiro atoms. The van der Waals surface area contributed by atoms with E-state index in [0.717, 1.165) is 5.56 Å². The third kappa shape index (κ3) is 7.60. The summed E-state index contributed by atoms with van der Waals surface area (Å²) in [5.74, 6) is -3.70. The van der Waals surface area contributed by atoms with Gasteiger partial charge in [-0.25, -0.2) is 4.79 Å². The van der Waals surface area contributed by atoms with Crippen molar-refractivity contribution in [2.24, 2.45) is 11.7 Å². The first kappa shape index (κ1) is 25.3. The maximum absolute atomic E-state index is 13.0. The number of phenols is 1. The van der Waals surface area contributed by atoms with Crippen LogP contribution in [-0.4, -0.2) is 45.0 Å². The SMILES string of the molecule is C[C@H](N)P(=O)(O)C[C@H](Cc1ccccc1)C(=O)N[C@@H](Cc1ccc(O)c([125I])c1)C(=O)O. The van der Waals surface area contributed by atoms with Gasteiger partial charge in [0.25, 0.3) is 0 Å². The summed E-state index contributed by atoms with van der Waals surface area (Å²) in [4.78, 5) is 35.0. The molecule has 6 N–H and O–H groups in total. The molecular formula is C21H26IN2O6P. The first-order valence-electron chi connectivity index (χ1n) is 9.61. The molecule has 0 bridgehead atoms. The third-order valence-electron chi connectivity index (χ3n) is 4.88. The molecule has 0 saturated carbocycles. The number of rotatable bonds is 10. The molecule has 0 aliphatic rings. The number of nitrogens with two attached hydrogens (primary N) is 1. The second-order valence-electron chi connectivity index (χ2n) is 7.45. The molecule has 0 radical (unpaired) electrons. The normalized spacial score (nSPS) is 16.0. The van der Waals surface area contributed by atoms with Crippen LogP contribution in [0.15, 0.2) is 48.5 Å². The third-order valence-corrected chi connectivity index (χ3v) is 7.98. The zero-order valence-corrected chi connectivity index (χ0v) is 20.0. The summed E-state index contributed by atoms with van der Waals surface area (Å²) in [7, 11) is -3.82. The average Bonchev–Trinajstić information content (AvgIpc) is 2.70. The number of aromatic hydroxyl groups is 1. The van der Waals surface area contributed by atoms with E-state index in [1.165, 1.54) is 13.0 Å². The van der Waals surface area contributed by atoms with Crippen LogP contribution in [0.4, 0.5) is 0 Å². The van der Waals surface area contributed by atoms with Gasteiger partial charge in [-0.2, -0.15) is 0 Å². The van der Waals surface area contributed by atoms with Gasteiger partial charge in [0.1, 0.15) is 11.8 Å². The van der Waals surface area contributed by atoms with Gasteiger partial charge in [0.05, 0.1) is 15.3 Å². The molecule has 0 saturated heterocycles. The Bertz CT molecular complexity index is 970. The minimum atomic E-state index is -3.82. The monoisotopic (exact) mass is 558 g/mol. The van der Waals surface area contributed by atoms with Crippen LogP contribution >= 0.6 is 30.0 Å². The highest BCUT2D eigenvalue weighted by molar-refractivity contribution is 14.1. The Morgan fingerprint density at radius 2 is 1.77 bits per heavy atom. The minimum Gasteiger partial charge on any atom is -0.507 e. The lowest BCUT2D eigenvalue weighted by molar-refractivity contribution is -0.142. The van der Waals surface area contributed by atoms with Crippen LogP contribution in [0.25, 0.3) is 0 Å².